The SMILES string of the molecule is C[C@@H]1Cc2[nH]nc(I)c2CCO1. The first-order chi connectivity index (χ1) is 5.77. The van der Waals surface area contributed by atoms with Gasteiger partial charge in [-0.15, -0.1) is 0 Å². The number of hydrogen-bond donors (Lipinski definition) is 1. The van der Waals surface area contributed by atoms with Gasteiger partial charge < -0.3 is 4.74 Å². The summed E-state index contributed by atoms with van der Waals surface area (Å²) < 4.78 is 6.64. The molecular formula is C8H11IN2O. The van der Waals surface area contributed by atoms with Crippen molar-refractivity contribution in [2.24, 2.45) is 0 Å². The third-order valence-corrected chi connectivity index (χ3v) is 3.04. The van der Waals surface area contributed by atoms with Gasteiger partial charge in [0.15, 0.2) is 0 Å². The molecule has 1 aromatic rings. The average molecular weight is 278 g/mol. The summed E-state index contributed by atoms with van der Waals surface area (Å²) in [6, 6.07) is 0. The first-order valence-electron chi connectivity index (χ1n) is 4.10. The van der Waals surface area contributed by atoms with Crippen molar-refractivity contribution in [3.05, 3.63) is 15.0 Å². The summed E-state index contributed by atoms with van der Waals surface area (Å²) in [5, 5.41) is 7.24. The number of H-pyrrole nitrogens is 1. The van der Waals surface area contributed by atoms with E-state index in [1.165, 1.54) is 11.3 Å². The van der Waals surface area contributed by atoms with Crippen LogP contribution in [0.15, 0.2) is 0 Å². The fourth-order valence-corrected chi connectivity index (χ4v) is 2.22. The van der Waals surface area contributed by atoms with E-state index in [0.29, 0.717) is 6.10 Å². The Balaban J connectivity index is 2.32. The van der Waals surface area contributed by atoms with Crippen molar-refractivity contribution in [3.8, 4) is 0 Å². The number of halogens is 1. The molecule has 0 radical (unpaired) electrons. The van der Waals surface area contributed by atoms with Gasteiger partial charge in [0.1, 0.15) is 3.70 Å². The van der Waals surface area contributed by atoms with Crippen LogP contribution in [-0.2, 0) is 17.6 Å². The van der Waals surface area contributed by atoms with Gasteiger partial charge in [-0.3, -0.25) is 5.10 Å². The lowest BCUT2D eigenvalue weighted by Crippen LogP contribution is -2.09. The van der Waals surface area contributed by atoms with Crippen molar-refractivity contribution in [1.29, 1.82) is 0 Å². The maximum absolute atomic E-state index is 5.55. The van der Waals surface area contributed by atoms with Crippen molar-refractivity contribution < 1.29 is 4.74 Å². The van der Waals surface area contributed by atoms with E-state index in [4.69, 9.17) is 4.74 Å². The van der Waals surface area contributed by atoms with E-state index in [9.17, 15) is 0 Å². The topological polar surface area (TPSA) is 37.9 Å². The van der Waals surface area contributed by atoms with E-state index in [0.717, 1.165) is 23.1 Å². The number of rotatable bonds is 0. The summed E-state index contributed by atoms with van der Waals surface area (Å²) in [5.74, 6) is 0. The van der Waals surface area contributed by atoms with Crippen molar-refractivity contribution in [2.45, 2.75) is 25.9 Å². The lowest BCUT2D eigenvalue weighted by molar-refractivity contribution is 0.0737. The molecule has 0 bridgehead atoms. The number of fused-ring (bicyclic) bond motifs is 1. The number of nitrogens with one attached hydrogen (secondary N) is 1. The van der Waals surface area contributed by atoms with Crippen LogP contribution in [-0.4, -0.2) is 22.9 Å². The zero-order valence-electron chi connectivity index (χ0n) is 6.93. The monoisotopic (exact) mass is 278 g/mol. The summed E-state index contributed by atoms with van der Waals surface area (Å²) >= 11 is 2.26. The van der Waals surface area contributed by atoms with E-state index in [2.05, 4.69) is 39.7 Å². The van der Waals surface area contributed by atoms with Gasteiger partial charge in [-0.25, -0.2) is 0 Å². The summed E-state index contributed by atoms with van der Waals surface area (Å²) in [4.78, 5) is 0. The van der Waals surface area contributed by atoms with Gasteiger partial charge in [-0.05, 0) is 29.5 Å². The van der Waals surface area contributed by atoms with Crippen LogP contribution in [0.2, 0.25) is 0 Å². The number of aromatic nitrogens is 2. The number of ether oxygens (including phenoxy) is 1. The highest BCUT2D eigenvalue weighted by molar-refractivity contribution is 14.1. The normalized spacial score (nSPS) is 23.3. The lowest BCUT2D eigenvalue weighted by atomic mass is 10.1. The van der Waals surface area contributed by atoms with Gasteiger partial charge in [0, 0.05) is 24.1 Å². The molecule has 0 amide bonds. The molecule has 1 aliphatic heterocycles. The van der Waals surface area contributed by atoms with Crippen LogP contribution in [0, 0.1) is 3.70 Å². The number of aromatic amines is 1. The minimum Gasteiger partial charge on any atom is -0.378 e. The van der Waals surface area contributed by atoms with Crippen molar-refractivity contribution >= 4 is 22.6 Å². The van der Waals surface area contributed by atoms with Crippen LogP contribution < -0.4 is 0 Å². The Morgan fingerprint density at radius 2 is 2.50 bits per heavy atom. The predicted octanol–water partition coefficient (Wildman–Crippen LogP) is 1.52. The molecule has 2 heterocycles. The Morgan fingerprint density at radius 1 is 1.67 bits per heavy atom. The van der Waals surface area contributed by atoms with Crippen molar-refractivity contribution in [2.75, 3.05) is 6.61 Å². The van der Waals surface area contributed by atoms with Crippen LogP contribution in [0.25, 0.3) is 0 Å². The van der Waals surface area contributed by atoms with E-state index in [1.807, 2.05) is 0 Å². The minimum atomic E-state index is 0.322. The van der Waals surface area contributed by atoms with Gasteiger partial charge in [-0.2, -0.15) is 5.10 Å². The molecule has 1 atom stereocenters. The van der Waals surface area contributed by atoms with Gasteiger partial charge in [0.05, 0.1) is 12.7 Å². The molecule has 2 rings (SSSR count). The zero-order chi connectivity index (χ0) is 8.55. The van der Waals surface area contributed by atoms with E-state index >= 15 is 0 Å². The van der Waals surface area contributed by atoms with Gasteiger partial charge >= 0.3 is 0 Å². The Morgan fingerprint density at radius 3 is 3.33 bits per heavy atom. The Kier molecular flexibility index (Phi) is 2.36. The van der Waals surface area contributed by atoms with Crippen LogP contribution in [0.5, 0.6) is 0 Å². The first kappa shape index (κ1) is 8.50. The van der Waals surface area contributed by atoms with Crippen molar-refractivity contribution in [1.82, 2.24) is 10.2 Å². The largest absolute Gasteiger partial charge is 0.378 e. The third-order valence-electron chi connectivity index (χ3n) is 2.15. The van der Waals surface area contributed by atoms with Crippen LogP contribution >= 0.6 is 22.6 Å². The first-order valence-corrected chi connectivity index (χ1v) is 5.18. The molecule has 0 aliphatic carbocycles. The molecule has 3 nitrogen and oxygen atoms in total. The highest BCUT2D eigenvalue weighted by Gasteiger charge is 2.17. The summed E-state index contributed by atoms with van der Waals surface area (Å²) in [7, 11) is 0. The summed E-state index contributed by atoms with van der Waals surface area (Å²) in [6.45, 7) is 2.92. The minimum absolute atomic E-state index is 0.322. The maximum atomic E-state index is 5.55. The standard InChI is InChI=1S/C8H11IN2O/c1-5-4-7-6(2-3-12-5)8(9)11-10-7/h5H,2-4H2,1H3,(H,10,11)/t5-/m1/s1. The molecule has 0 saturated heterocycles. The number of nitrogens with zero attached hydrogens (tertiary/aromatic N) is 1. The molecule has 1 aliphatic rings. The van der Waals surface area contributed by atoms with Gasteiger partial charge in [0.25, 0.3) is 0 Å². The van der Waals surface area contributed by atoms with Gasteiger partial charge in [0.2, 0.25) is 0 Å². The maximum Gasteiger partial charge on any atom is 0.126 e. The molecule has 1 N–H and O–H groups in total. The highest BCUT2D eigenvalue weighted by Crippen LogP contribution is 2.19. The second-order valence-electron chi connectivity index (χ2n) is 3.11. The summed E-state index contributed by atoms with van der Waals surface area (Å²) in [5.41, 5.74) is 2.60. The quantitative estimate of drug-likeness (QED) is 0.731. The lowest BCUT2D eigenvalue weighted by Gasteiger charge is -2.06. The Hall–Kier alpha value is -0.100. The molecule has 0 spiro atoms. The molecule has 1 aromatic heterocycles. The molecular weight excluding hydrogens is 267 g/mol. The molecule has 0 saturated carbocycles. The van der Waals surface area contributed by atoms with Crippen molar-refractivity contribution in [3.63, 3.8) is 0 Å². The van der Waals surface area contributed by atoms with Gasteiger partial charge in [-0.1, -0.05) is 0 Å². The molecule has 0 fully saturated rings. The van der Waals surface area contributed by atoms with E-state index < -0.39 is 0 Å². The fraction of sp³-hybridized carbons (Fsp3) is 0.625. The van der Waals surface area contributed by atoms with Crippen LogP contribution in [0.1, 0.15) is 18.2 Å². The molecule has 4 heteroatoms. The van der Waals surface area contributed by atoms with Crippen LogP contribution in [0.4, 0.5) is 0 Å². The van der Waals surface area contributed by atoms with E-state index in [1.54, 1.807) is 0 Å². The Labute approximate surface area is 85.0 Å². The summed E-state index contributed by atoms with van der Waals surface area (Å²) in [6.07, 6.45) is 2.28. The third kappa shape index (κ3) is 1.50. The number of hydrogen-bond acceptors (Lipinski definition) is 2. The Bertz CT molecular complexity index is 285. The molecule has 0 aromatic carbocycles. The molecule has 66 valence electrons. The molecule has 12 heavy (non-hydrogen) atoms. The fourth-order valence-electron chi connectivity index (χ4n) is 1.51. The predicted molar refractivity (Wildman–Crippen MR) is 54.1 cm³/mol. The zero-order valence-corrected chi connectivity index (χ0v) is 9.09. The molecule has 0 unspecified atom stereocenters. The highest BCUT2D eigenvalue weighted by atomic mass is 127. The van der Waals surface area contributed by atoms with Crippen LogP contribution in [0.3, 0.4) is 0 Å². The van der Waals surface area contributed by atoms with E-state index in [-0.39, 0.29) is 0 Å². The smallest absolute Gasteiger partial charge is 0.126 e. The second-order valence-corrected chi connectivity index (χ2v) is 4.13. The average Bonchev–Trinajstić information content (AvgIpc) is 2.31. The second kappa shape index (κ2) is 3.33.